The Hall–Kier alpha value is -4.11. The van der Waals surface area contributed by atoms with Gasteiger partial charge in [-0.25, -0.2) is 9.69 Å². The van der Waals surface area contributed by atoms with E-state index >= 15 is 0 Å². The number of hydrogen-bond acceptors (Lipinski definition) is 7. The molecule has 0 spiro atoms. The van der Waals surface area contributed by atoms with Crippen molar-refractivity contribution in [3.8, 4) is 5.75 Å². The Labute approximate surface area is 213 Å². The van der Waals surface area contributed by atoms with Crippen LogP contribution in [0.3, 0.4) is 0 Å². The number of methoxy groups -OCH3 is 2. The molecule has 0 aliphatic carbocycles. The lowest BCUT2D eigenvalue weighted by molar-refractivity contribution is -0.121. The third-order valence-corrected chi connectivity index (χ3v) is 6.60. The van der Waals surface area contributed by atoms with E-state index in [0.717, 1.165) is 21.9 Å². The minimum Gasteiger partial charge on any atom is -0.497 e. The summed E-state index contributed by atoms with van der Waals surface area (Å²) in [6.07, 6.45) is 0.0419. The highest BCUT2D eigenvalue weighted by Gasteiger charge is 2.40. The van der Waals surface area contributed by atoms with E-state index in [1.165, 1.54) is 31.0 Å². The third kappa shape index (κ3) is 5.92. The topological polar surface area (TPSA) is 97.3 Å². The SMILES string of the molecule is COC(=O)c1ccc(N2C(=O)CC(SC(=NCc3ccc(OC)cc3)Nc3ccccc3)C2=O)cc1. The molecule has 3 aromatic rings. The Balaban J connectivity index is 1.52. The number of nitrogens with one attached hydrogen (secondary N) is 1. The molecular formula is C27H25N3O5S. The predicted molar refractivity (Wildman–Crippen MR) is 140 cm³/mol. The maximum Gasteiger partial charge on any atom is 0.337 e. The fourth-order valence-corrected chi connectivity index (χ4v) is 4.63. The molecule has 1 heterocycles. The Morgan fingerprint density at radius 3 is 2.33 bits per heavy atom. The van der Waals surface area contributed by atoms with Gasteiger partial charge in [0.25, 0.3) is 0 Å². The normalized spacial score (nSPS) is 15.7. The van der Waals surface area contributed by atoms with Crippen molar-refractivity contribution >= 4 is 46.1 Å². The van der Waals surface area contributed by atoms with Crippen molar-refractivity contribution in [3.63, 3.8) is 0 Å². The van der Waals surface area contributed by atoms with Crippen molar-refractivity contribution in [2.24, 2.45) is 4.99 Å². The first-order chi connectivity index (χ1) is 17.5. The van der Waals surface area contributed by atoms with Gasteiger partial charge < -0.3 is 14.8 Å². The summed E-state index contributed by atoms with van der Waals surface area (Å²) >= 11 is 1.22. The number of aliphatic imine (C=N–C) groups is 1. The molecule has 184 valence electrons. The lowest BCUT2D eigenvalue weighted by Crippen LogP contribution is -2.31. The molecule has 1 N–H and O–H groups in total. The van der Waals surface area contributed by atoms with E-state index in [2.05, 4.69) is 5.32 Å². The van der Waals surface area contributed by atoms with Crippen molar-refractivity contribution < 1.29 is 23.9 Å². The van der Waals surface area contributed by atoms with E-state index in [4.69, 9.17) is 14.5 Å². The molecular weight excluding hydrogens is 478 g/mol. The highest BCUT2D eigenvalue weighted by atomic mass is 32.2. The number of rotatable bonds is 7. The Morgan fingerprint density at radius 1 is 1.00 bits per heavy atom. The molecule has 1 aliphatic heterocycles. The number of benzene rings is 3. The number of amidine groups is 1. The van der Waals surface area contributed by atoms with Crippen LogP contribution in [-0.4, -0.2) is 42.4 Å². The first-order valence-corrected chi connectivity index (χ1v) is 12.1. The summed E-state index contributed by atoms with van der Waals surface area (Å²) in [6, 6.07) is 23.3. The molecule has 1 unspecified atom stereocenters. The standard InChI is InChI=1S/C27H25N3O5S/c1-34-22-14-8-18(9-15-22)17-28-27(29-20-6-4-3-5-7-20)36-23-16-24(31)30(25(23)32)21-12-10-19(11-13-21)26(33)35-2/h3-15,23H,16-17H2,1-2H3,(H,28,29). The molecule has 0 saturated carbocycles. The number of thioether (sulfide) groups is 1. The number of anilines is 2. The fraction of sp³-hybridized carbons (Fsp3) is 0.185. The second-order valence-electron chi connectivity index (χ2n) is 7.88. The van der Waals surface area contributed by atoms with Crippen LogP contribution in [0.2, 0.25) is 0 Å². The number of carbonyl (C=O) groups is 3. The van der Waals surface area contributed by atoms with Gasteiger partial charge in [-0.15, -0.1) is 0 Å². The van der Waals surface area contributed by atoms with Crippen LogP contribution in [-0.2, 0) is 20.9 Å². The summed E-state index contributed by atoms with van der Waals surface area (Å²) in [5, 5.41) is 3.17. The van der Waals surface area contributed by atoms with Gasteiger partial charge in [0.2, 0.25) is 11.8 Å². The molecule has 1 saturated heterocycles. The third-order valence-electron chi connectivity index (χ3n) is 5.50. The van der Waals surface area contributed by atoms with Crippen LogP contribution < -0.4 is 15.0 Å². The quantitative estimate of drug-likeness (QED) is 0.219. The molecule has 36 heavy (non-hydrogen) atoms. The lowest BCUT2D eigenvalue weighted by Gasteiger charge is -2.16. The molecule has 2 amide bonds. The Bertz CT molecular complexity index is 1260. The summed E-state index contributed by atoms with van der Waals surface area (Å²) < 4.78 is 9.91. The molecule has 3 aromatic carbocycles. The van der Waals surface area contributed by atoms with Crippen LogP contribution in [0.5, 0.6) is 5.75 Å². The summed E-state index contributed by atoms with van der Waals surface area (Å²) in [5.74, 6) is -0.367. The number of amides is 2. The van der Waals surface area contributed by atoms with Gasteiger partial charge in [0, 0.05) is 12.1 Å². The van der Waals surface area contributed by atoms with Crippen molar-refractivity contribution in [1.82, 2.24) is 0 Å². The minimum atomic E-state index is -0.636. The van der Waals surface area contributed by atoms with E-state index in [1.54, 1.807) is 19.2 Å². The number of hydrogen-bond donors (Lipinski definition) is 1. The van der Waals surface area contributed by atoms with E-state index in [1.807, 2.05) is 54.6 Å². The van der Waals surface area contributed by atoms with E-state index in [9.17, 15) is 14.4 Å². The first kappa shape index (κ1) is 25.0. The molecule has 1 aliphatic rings. The van der Waals surface area contributed by atoms with Crippen LogP contribution >= 0.6 is 11.8 Å². The van der Waals surface area contributed by atoms with Crippen LogP contribution in [0, 0.1) is 0 Å². The molecule has 0 aromatic heterocycles. The maximum atomic E-state index is 13.2. The predicted octanol–water partition coefficient (Wildman–Crippen LogP) is 4.52. The molecule has 4 rings (SSSR count). The highest BCUT2D eigenvalue weighted by Crippen LogP contribution is 2.31. The number of nitrogens with zero attached hydrogens (tertiary/aromatic N) is 2. The van der Waals surface area contributed by atoms with Gasteiger partial charge in [-0.1, -0.05) is 42.1 Å². The van der Waals surface area contributed by atoms with Crippen LogP contribution in [0.25, 0.3) is 0 Å². The number of para-hydroxylation sites is 1. The first-order valence-electron chi connectivity index (χ1n) is 11.2. The van der Waals surface area contributed by atoms with Crippen molar-refractivity contribution in [2.45, 2.75) is 18.2 Å². The average molecular weight is 504 g/mol. The van der Waals surface area contributed by atoms with Crippen molar-refractivity contribution in [1.29, 1.82) is 0 Å². The molecule has 9 heteroatoms. The monoisotopic (exact) mass is 503 g/mol. The largest absolute Gasteiger partial charge is 0.497 e. The van der Waals surface area contributed by atoms with E-state index in [-0.39, 0.29) is 18.2 Å². The van der Waals surface area contributed by atoms with E-state index in [0.29, 0.717) is 23.0 Å². The molecule has 1 atom stereocenters. The summed E-state index contributed by atoms with van der Waals surface area (Å²) in [4.78, 5) is 43.5. The van der Waals surface area contributed by atoms with Gasteiger partial charge in [-0.3, -0.25) is 14.6 Å². The Morgan fingerprint density at radius 2 is 1.69 bits per heavy atom. The van der Waals surface area contributed by atoms with Gasteiger partial charge in [0.1, 0.15) is 11.0 Å². The fourth-order valence-electron chi connectivity index (χ4n) is 3.61. The Kier molecular flexibility index (Phi) is 8.02. The molecule has 8 nitrogen and oxygen atoms in total. The lowest BCUT2D eigenvalue weighted by atomic mass is 10.2. The summed E-state index contributed by atoms with van der Waals surface area (Å²) in [5.41, 5.74) is 2.55. The number of esters is 1. The van der Waals surface area contributed by atoms with Gasteiger partial charge in [0.15, 0.2) is 5.17 Å². The second kappa shape index (κ2) is 11.5. The second-order valence-corrected chi connectivity index (χ2v) is 9.07. The van der Waals surface area contributed by atoms with Crippen LogP contribution in [0.1, 0.15) is 22.3 Å². The summed E-state index contributed by atoms with van der Waals surface area (Å²) in [7, 11) is 2.91. The number of imide groups is 1. The number of ether oxygens (including phenoxy) is 2. The van der Waals surface area contributed by atoms with Crippen LogP contribution in [0.15, 0.2) is 83.9 Å². The molecule has 0 bridgehead atoms. The average Bonchev–Trinajstić information content (AvgIpc) is 3.19. The zero-order valence-corrected chi connectivity index (χ0v) is 20.7. The van der Waals surface area contributed by atoms with Gasteiger partial charge in [-0.2, -0.15) is 0 Å². The van der Waals surface area contributed by atoms with Crippen LogP contribution in [0.4, 0.5) is 11.4 Å². The molecule has 0 radical (unpaired) electrons. The van der Waals surface area contributed by atoms with Gasteiger partial charge in [0.05, 0.1) is 32.0 Å². The van der Waals surface area contributed by atoms with Gasteiger partial charge >= 0.3 is 5.97 Å². The van der Waals surface area contributed by atoms with E-state index < -0.39 is 11.2 Å². The van der Waals surface area contributed by atoms with Crippen molar-refractivity contribution in [3.05, 3.63) is 90.0 Å². The van der Waals surface area contributed by atoms with Gasteiger partial charge in [-0.05, 0) is 54.1 Å². The minimum absolute atomic E-state index is 0.0419. The molecule has 1 fully saturated rings. The zero-order valence-electron chi connectivity index (χ0n) is 19.8. The maximum absolute atomic E-state index is 13.2. The van der Waals surface area contributed by atoms with Crippen molar-refractivity contribution in [2.75, 3.05) is 24.4 Å². The highest BCUT2D eigenvalue weighted by molar-refractivity contribution is 8.15. The number of carbonyl (C=O) groups excluding carboxylic acids is 3. The smallest absolute Gasteiger partial charge is 0.337 e. The summed E-state index contributed by atoms with van der Waals surface area (Å²) in [6.45, 7) is 0.389. The zero-order chi connectivity index (χ0) is 25.5.